The zero-order chi connectivity index (χ0) is 13.9. The number of hydrogen-bond donors (Lipinski definition) is 1. The Kier molecular flexibility index (Phi) is 5.72. The zero-order valence-electron chi connectivity index (χ0n) is 12.8. The molecule has 3 rings (SSSR count). The number of methoxy groups -OCH3 is 1. The summed E-state index contributed by atoms with van der Waals surface area (Å²) in [4.78, 5) is 0. The number of nitrogens with one attached hydrogen (secondary N) is 1. The minimum Gasteiger partial charge on any atom is -0.496 e. The minimum atomic E-state index is 0. The molecule has 2 aliphatic rings. The largest absolute Gasteiger partial charge is 0.496 e. The number of fused-ring (bicyclic) bond motifs is 1. The molecule has 0 bridgehead atoms. The van der Waals surface area contributed by atoms with Crippen LogP contribution in [0.5, 0.6) is 5.75 Å². The molecular weight excluding hydrogens is 282 g/mol. The molecule has 0 aromatic heterocycles. The predicted molar refractivity (Wildman–Crippen MR) is 90.6 cm³/mol. The van der Waals surface area contributed by atoms with E-state index in [9.17, 15) is 0 Å². The monoisotopic (exact) mass is 307 g/mol. The van der Waals surface area contributed by atoms with Crippen LogP contribution in [0.2, 0.25) is 0 Å². The molecule has 2 atom stereocenters. The SMILES string of the molecule is C=CCN[C@H]1CCc2cccc(OC)c2[C@H]1CC1CC1.Cl. The van der Waals surface area contributed by atoms with Gasteiger partial charge in [0.2, 0.25) is 0 Å². The van der Waals surface area contributed by atoms with Gasteiger partial charge in [-0.1, -0.05) is 31.1 Å². The van der Waals surface area contributed by atoms with Crippen LogP contribution in [0, 0.1) is 5.92 Å². The molecule has 2 aliphatic carbocycles. The van der Waals surface area contributed by atoms with Crippen LogP contribution in [-0.4, -0.2) is 19.7 Å². The fraction of sp³-hybridized carbons (Fsp3) is 0.556. The van der Waals surface area contributed by atoms with E-state index in [0.717, 1.165) is 24.6 Å². The van der Waals surface area contributed by atoms with E-state index < -0.39 is 0 Å². The Hall–Kier alpha value is -0.990. The first-order valence-corrected chi connectivity index (χ1v) is 7.83. The number of hydrogen-bond acceptors (Lipinski definition) is 2. The third kappa shape index (κ3) is 3.61. The van der Waals surface area contributed by atoms with Crippen molar-refractivity contribution in [2.75, 3.05) is 13.7 Å². The summed E-state index contributed by atoms with van der Waals surface area (Å²) in [5.74, 6) is 2.62. The van der Waals surface area contributed by atoms with Crippen molar-refractivity contribution in [3.63, 3.8) is 0 Å². The zero-order valence-corrected chi connectivity index (χ0v) is 13.6. The van der Waals surface area contributed by atoms with Gasteiger partial charge in [0.05, 0.1) is 7.11 Å². The molecule has 1 aromatic carbocycles. The van der Waals surface area contributed by atoms with Crippen molar-refractivity contribution in [3.05, 3.63) is 42.0 Å². The highest BCUT2D eigenvalue weighted by atomic mass is 35.5. The second-order valence-electron chi connectivity index (χ2n) is 6.16. The van der Waals surface area contributed by atoms with E-state index in [1.54, 1.807) is 7.11 Å². The second-order valence-corrected chi connectivity index (χ2v) is 6.16. The number of ether oxygens (including phenoxy) is 1. The maximum atomic E-state index is 5.65. The van der Waals surface area contributed by atoms with Crippen LogP contribution in [0.1, 0.15) is 42.7 Å². The third-order valence-electron chi connectivity index (χ3n) is 4.77. The van der Waals surface area contributed by atoms with Gasteiger partial charge in [-0.05, 0) is 36.8 Å². The number of aryl methyl sites for hydroxylation is 1. The average Bonchev–Trinajstić information content (AvgIpc) is 3.29. The average molecular weight is 308 g/mol. The van der Waals surface area contributed by atoms with E-state index in [2.05, 4.69) is 30.1 Å². The second kappa shape index (κ2) is 7.33. The van der Waals surface area contributed by atoms with Gasteiger partial charge in [0.15, 0.2) is 0 Å². The highest BCUT2D eigenvalue weighted by Gasteiger charge is 2.35. The lowest BCUT2D eigenvalue weighted by Crippen LogP contribution is -2.39. The number of rotatable bonds is 6. The van der Waals surface area contributed by atoms with Gasteiger partial charge in [-0.2, -0.15) is 0 Å². The number of benzene rings is 1. The molecule has 0 radical (unpaired) electrons. The Balaban J connectivity index is 0.00000161. The van der Waals surface area contributed by atoms with Crippen LogP contribution >= 0.6 is 12.4 Å². The topological polar surface area (TPSA) is 21.3 Å². The Labute approximate surface area is 134 Å². The molecule has 0 heterocycles. The summed E-state index contributed by atoms with van der Waals surface area (Å²) in [7, 11) is 1.80. The fourth-order valence-corrected chi connectivity index (χ4v) is 3.59. The van der Waals surface area contributed by atoms with Crippen LogP contribution < -0.4 is 10.1 Å². The van der Waals surface area contributed by atoms with Gasteiger partial charge in [0.25, 0.3) is 0 Å². The minimum absolute atomic E-state index is 0. The first-order valence-electron chi connectivity index (χ1n) is 7.83. The van der Waals surface area contributed by atoms with E-state index in [-0.39, 0.29) is 12.4 Å². The lowest BCUT2D eigenvalue weighted by atomic mass is 9.76. The Morgan fingerprint density at radius 1 is 1.33 bits per heavy atom. The molecule has 0 unspecified atom stereocenters. The quantitative estimate of drug-likeness (QED) is 0.799. The highest BCUT2D eigenvalue weighted by Crippen LogP contribution is 2.46. The van der Waals surface area contributed by atoms with Gasteiger partial charge < -0.3 is 10.1 Å². The lowest BCUT2D eigenvalue weighted by molar-refractivity contribution is 0.347. The summed E-state index contributed by atoms with van der Waals surface area (Å²) in [6.07, 6.45) is 8.48. The summed E-state index contributed by atoms with van der Waals surface area (Å²) in [5.41, 5.74) is 2.96. The molecule has 2 nitrogen and oxygen atoms in total. The van der Waals surface area contributed by atoms with Crippen LogP contribution in [0.4, 0.5) is 0 Å². The van der Waals surface area contributed by atoms with Gasteiger partial charge in [-0.25, -0.2) is 0 Å². The molecule has 21 heavy (non-hydrogen) atoms. The van der Waals surface area contributed by atoms with Crippen molar-refractivity contribution >= 4 is 12.4 Å². The normalized spacial score (nSPS) is 23.9. The molecule has 0 saturated heterocycles. The summed E-state index contributed by atoms with van der Waals surface area (Å²) in [5, 5.41) is 3.67. The van der Waals surface area contributed by atoms with Gasteiger partial charge in [-0.15, -0.1) is 19.0 Å². The maximum Gasteiger partial charge on any atom is 0.122 e. The summed E-state index contributed by atoms with van der Waals surface area (Å²) in [6.45, 7) is 4.73. The Bertz CT molecular complexity index is 470. The Morgan fingerprint density at radius 2 is 2.14 bits per heavy atom. The Morgan fingerprint density at radius 3 is 2.81 bits per heavy atom. The summed E-state index contributed by atoms with van der Waals surface area (Å²) < 4.78 is 5.65. The van der Waals surface area contributed by atoms with E-state index in [0.29, 0.717) is 12.0 Å². The predicted octanol–water partition coefficient (Wildman–Crippen LogP) is 4.09. The van der Waals surface area contributed by atoms with Crippen LogP contribution in [0.15, 0.2) is 30.9 Å². The molecule has 0 spiro atoms. The van der Waals surface area contributed by atoms with E-state index in [4.69, 9.17) is 4.74 Å². The van der Waals surface area contributed by atoms with E-state index in [1.807, 2.05) is 6.08 Å². The van der Waals surface area contributed by atoms with Crippen molar-refractivity contribution in [3.8, 4) is 5.75 Å². The fourth-order valence-electron chi connectivity index (χ4n) is 3.59. The molecule has 1 saturated carbocycles. The highest BCUT2D eigenvalue weighted by molar-refractivity contribution is 5.85. The molecule has 0 aliphatic heterocycles. The van der Waals surface area contributed by atoms with Crippen molar-refractivity contribution in [2.45, 2.75) is 44.1 Å². The molecule has 3 heteroatoms. The van der Waals surface area contributed by atoms with Crippen LogP contribution in [-0.2, 0) is 6.42 Å². The van der Waals surface area contributed by atoms with Crippen LogP contribution in [0.3, 0.4) is 0 Å². The van der Waals surface area contributed by atoms with Crippen molar-refractivity contribution in [1.82, 2.24) is 5.32 Å². The third-order valence-corrected chi connectivity index (χ3v) is 4.77. The molecule has 0 amide bonds. The van der Waals surface area contributed by atoms with Gasteiger partial charge in [0.1, 0.15) is 5.75 Å². The van der Waals surface area contributed by atoms with Crippen molar-refractivity contribution in [1.29, 1.82) is 0 Å². The van der Waals surface area contributed by atoms with Gasteiger partial charge in [-0.3, -0.25) is 0 Å². The first-order chi connectivity index (χ1) is 9.83. The van der Waals surface area contributed by atoms with Crippen molar-refractivity contribution < 1.29 is 4.74 Å². The summed E-state index contributed by atoms with van der Waals surface area (Å²) >= 11 is 0. The lowest BCUT2D eigenvalue weighted by Gasteiger charge is -2.35. The number of halogens is 1. The molecule has 116 valence electrons. The van der Waals surface area contributed by atoms with Crippen LogP contribution in [0.25, 0.3) is 0 Å². The molecule has 1 fully saturated rings. The first kappa shape index (κ1) is 16.4. The van der Waals surface area contributed by atoms with Crippen molar-refractivity contribution in [2.24, 2.45) is 5.92 Å². The van der Waals surface area contributed by atoms with E-state index in [1.165, 1.54) is 36.8 Å². The summed E-state index contributed by atoms with van der Waals surface area (Å²) in [6, 6.07) is 7.09. The van der Waals surface area contributed by atoms with Gasteiger partial charge >= 0.3 is 0 Å². The van der Waals surface area contributed by atoms with Gasteiger partial charge in [0, 0.05) is 24.1 Å². The molecule has 1 N–H and O–H groups in total. The standard InChI is InChI=1S/C18H25NO.ClH/c1-3-11-19-16-10-9-14-5-4-6-17(20-2)18(14)15(16)12-13-7-8-13;/h3-6,13,15-16,19H,1,7-12H2,2H3;1H/t15-,16-;/m0./s1. The maximum absolute atomic E-state index is 5.65. The smallest absolute Gasteiger partial charge is 0.122 e. The van der Waals surface area contributed by atoms with E-state index >= 15 is 0 Å². The molecular formula is C18H26ClNO. The molecule has 1 aromatic rings.